The van der Waals surface area contributed by atoms with E-state index < -0.39 is 64.6 Å². The number of aromatic nitrogens is 1. The van der Waals surface area contributed by atoms with Crippen molar-refractivity contribution < 1.29 is 43.7 Å². The maximum atomic E-state index is 14.8. The van der Waals surface area contributed by atoms with Crippen molar-refractivity contribution in [2.45, 2.75) is 117 Å². The summed E-state index contributed by atoms with van der Waals surface area (Å²) in [6, 6.07) is 0. The molecule has 4 aliphatic rings. The molecule has 3 N–H and O–H groups in total. The Labute approximate surface area is 258 Å². The van der Waals surface area contributed by atoms with Gasteiger partial charge in [0, 0.05) is 30.1 Å². The maximum absolute atomic E-state index is 14.8. The van der Waals surface area contributed by atoms with Crippen molar-refractivity contribution in [2.24, 2.45) is 28.6 Å². The van der Waals surface area contributed by atoms with Gasteiger partial charge in [-0.05, 0) is 43.3 Å². The molecule has 0 unspecified atom stereocenters. The first-order valence-electron chi connectivity index (χ1n) is 16.1. The molecule has 0 aliphatic heterocycles. The van der Waals surface area contributed by atoms with Gasteiger partial charge in [-0.3, -0.25) is 9.59 Å². The molecule has 242 valence electrons. The minimum absolute atomic E-state index is 0.107. The number of aliphatic hydroxyl groups excluding tert-OH is 2. The number of unbranched alkanes of at least 4 members (excludes halogenated alkanes) is 2. The summed E-state index contributed by atoms with van der Waals surface area (Å²) in [6.07, 6.45) is 3.92. The molecule has 8 atom stereocenters. The third-order valence-electron chi connectivity index (χ3n) is 11.2. The minimum Gasteiger partial charge on any atom is -0.458 e. The van der Waals surface area contributed by atoms with E-state index in [0.29, 0.717) is 36.3 Å². The number of esters is 2. The number of hydrogen-bond donors (Lipinski definition) is 3. The zero-order valence-corrected chi connectivity index (χ0v) is 26.9. The van der Waals surface area contributed by atoms with Crippen LogP contribution in [0.3, 0.4) is 0 Å². The molecule has 4 aliphatic carbocycles. The van der Waals surface area contributed by atoms with Crippen LogP contribution in [0, 0.1) is 28.6 Å². The normalized spacial score (nSPS) is 36.8. The molecule has 1 spiro atoms. The molecule has 1 heterocycles. The Balaban J connectivity index is 1.57. The van der Waals surface area contributed by atoms with E-state index in [2.05, 4.69) is 12.1 Å². The Hall–Kier alpha value is -2.82. The first-order chi connectivity index (χ1) is 20.7. The first kappa shape index (κ1) is 32.6. The maximum Gasteiger partial charge on any atom is 0.344 e. The van der Waals surface area contributed by atoms with Crippen LogP contribution in [-0.4, -0.2) is 68.2 Å². The Morgan fingerprint density at radius 3 is 2.45 bits per heavy atom. The lowest BCUT2D eigenvalue weighted by Gasteiger charge is -2.48. The van der Waals surface area contributed by atoms with Crippen molar-refractivity contribution in [3.63, 3.8) is 0 Å². The largest absolute Gasteiger partial charge is 0.458 e. The highest BCUT2D eigenvalue weighted by Crippen LogP contribution is 2.75. The molecule has 2 fully saturated rings. The van der Waals surface area contributed by atoms with Crippen molar-refractivity contribution in [1.82, 2.24) is 5.16 Å². The zero-order valence-electron chi connectivity index (χ0n) is 26.9. The summed E-state index contributed by atoms with van der Waals surface area (Å²) in [5.41, 5.74) is -4.40. The third-order valence-corrected chi connectivity index (χ3v) is 11.2. The topological polar surface area (TPSA) is 156 Å². The molecule has 2 saturated carbocycles. The molecular formula is C34H47NO9. The van der Waals surface area contributed by atoms with E-state index in [9.17, 15) is 29.7 Å². The van der Waals surface area contributed by atoms with Crippen LogP contribution in [0.2, 0.25) is 0 Å². The monoisotopic (exact) mass is 613 g/mol. The Morgan fingerprint density at radius 2 is 1.82 bits per heavy atom. The van der Waals surface area contributed by atoms with Crippen molar-refractivity contribution in [1.29, 1.82) is 0 Å². The predicted molar refractivity (Wildman–Crippen MR) is 159 cm³/mol. The summed E-state index contributed by atoms with van der Waals surface area (Å²) in [5, 5.41) is 39.7. The average molecular weight is 614 g/mol. The van der Waals surface area contributed by atoms with Crippen LogP contribution in [0.5, 0.6) is 0 Å². The van der Waals surface area contributed by atoms with Crippen molar-refractivity contribution in [3.05, 3.63) is 40.3 Å². The number of nitrogens with zero attached hydrogens (tertiary/aromatic N) is 1. The molecule has 1 aromatic rings. The summed E-state index contributed by atoms with van der Waals surface area (Å²) in [5.74, 6) is -2.90. The van der Waals surface area contributed by atoms with Crippen LogP contribution in [0.1, 0.15) is 102 Å². The zero-order chi connectivity index (χ0) is 32.4. The first-order valence-corrected chi connectivity index (χ1v) is 16.1. The number of aliphatic hydroxyl groups is 3. The van der Waals surface area contributed by atoms with Gasteiger partial charge >= 0.3 is 11.9 Å². The summed E-state index contributed by atoms with van der Waals surface area (Å²) in [4.78, 5) is 41.2. The van der Waals surface area contributed by atoms with Crippen molar-refractivity contribution in [2.75, 3.05) is 6.61 Å². The highest BCUT2D eigenvalue weighted by atomic mass is 16.6. The van der Waals surface area contributed by atoms with Gasteiger partial charge in [-0.2, -0.15) is 0 Å². The molecule has 0 saturated heterocycles. The number of fused-ring (bicyclic) bond motifs is 3. The highest BCUT2D eigenvalue weighted by Gasteiger charge is 2.83. The van der Waals surface area contributed by atoms with Gasteiger partial charge in [0.1, 0.15) is 35.6 Å². The second-order valence-electron chi connectivity index (χ2n) is 13.9. The van der Waals surface area contributed by atoms with Gasteiger partial charge in [-0.1, -0.05) is 71.7 Å². The molecule has 0 aromatic carbocycles. The number of aryl methyl sites for hydroxylation is 2. The number of Topliss-reactive ketones (excluding diaryl/α,β-unsaturated/α-hetero) is 1. The SMILES string of the molecule is CCCCCC(=O)O[C@@]12C[C@@H](C)[C@]34C=C(C)[C@H](O)[C@@]3(O)[C@H](O)C(COC(=O)c3c(CC)noc3CC)=C[C@H](C4=O)[C@@H]1C2(C)C. The number of ether oxygens (including phenoxy) is 2. The second kappa shape index (κ2) is 11.2. The van der Waals surface area contributed by atoms with Crippen LogP contribution < -0.4 is 0 Å². The van der Waals surface area contributed by atoms with Crippen LogP contribution >= 0.6 is 0 Å². The Kier molecular flexibility index (Phi) is 8.30. The lowest BCUT2D eigenvalue weighted by atomic mass is 9.59. The van der Waals surface area contributed by atoms with E-state index in [4.69, 9.17) is 14.0 Å². The summed E-state index contributed by atoms with van der Waals surface area (Å²) < 4.78 is 17.3. The van der Waals surface area contributed by atoms with Gasteiger partial charge in [0.2, 0.25) is 0 Å². The quantitative estimate of drug-likeness (QED) is 0.200. The smallest absolute Gasteiger partial charge is 0.344 e. The van der Waals surface area contributed by atoms with Gasteiger partial charge < -0.3 is 29.3 Å². The predicted octanol–water partition coefficient (Wildman–Crippen LogP) is 4.04. The van der Waals surface area contributed by atoms with E-state index in [1.807, 2.05) is 34.6 Å². The molecule has 5 rings (SSSR count). The molecule has 0 amide bonds. The fourth-order valence-corrected chi connectivity index (χ4v) is 8.79. The van der Waals surface area contributed by atoms with E-state index in [0.717, 1.165) is 12.8 Å². The van der Waals surface area contributed by atoms with Crippen LogP contribution in [0.15, 0.2) is 27.8 Å². The number of carbonyl (C=O) groups is 3. The third kappa shape index (κ3) is 4.31. The van der Waals surface area contributed by atoms with Crippen molar-refractivity contribution in [3.8, 4) is 0 Å². The summed E-state index contributed by atoms with van der Waals surface area (Å²) >= 11 is 0. The molecule has 1 aromatic heterocycles. The Morgan fingerprint density at radius 1 is 1.11 bits per heavy atom. The highest BCUT2D eigenvalue weighted by molar-refractivity contribution is 5.96. The molecule has 10 nitrogen and oxygen atoms in total. The lowest BCUT2D eigenvalue weighted by Crippen LogP contribution is -2.65. The van der Waals surface area contributed by atoms with Crippen molar-refractivity contribution >= 4 is 17.7 Å². The number of hydrogen-bond acceptors (Lipinski definition) is 10. The second-order valence-corrected chi connectivity index (χ2v) is 13.9. The fraction of sp³-hybridized carbons (Fsp3) is 0.706. The minimum atomic E-state index is -2.33. The number of carbonyl (C=O) groups excluding carboxylic acids is 3. The van der Waals surface area contributed by atoms with Gasteiger partial charge in [0.15, 0.2) is 11.5 Å². The molecular weight excluding hydrogens is 566 g/mol. The van der Waals surface area contributed by atoms with Gasteiger partial charge in [-0.15, -0.1) is 0 Å². The van der Waals surface area contributed by atoms with E-state index >= 15 is 0 Å². The van der Waals surface area contributed by atoms with Gasteiger partial charge in [0.05, 0.1) is 11.1 Å². The van der Waals surface area contributed by atoms with Gasteiger partial charge in [0.25, 0.3) is 0 Å². The van der Waals surface area contributed by atoms with Crippen LogP contribution in [0.25, 0.3) is 0 Å². The summed E-state index contributed by atoms with van der Waals surface area (Å²) in [7, 11) is 0. The molecule has 0 radical (unpaired) electrons. The summed E-state index contributed by atoms with van der Waals surface area (Å²) in [6.45, 7) is 12.7. The number of rotatable bonds is 10. The number of ketones is 1. The van der Waals surface area contributed by atoms with E-state index in [1.165, 1.54) is 0 Å². The van der Waals surface area contributed by atoms with E-state index in [1.54, 1.807) is 19.1 Å². The van der Waals surface area contributed by atoms with E-state index in [-0.39, 0.29) is 35.7 Å². The Bertz CT molecular complexity index is 1390. The lowest BCUT2D eigenvalue weighted by molar-refractivity contribution is -0.191. The standard InChI is InChI=1S/C34H47NO9/c1-8-11-12-13-24(36)43-33-16-19(5)32-15-18(4)27(37)34(32,41)28(38)20(14-21(29(32)39)26(33)31(33,6)7)17-42-30(40)25-22(9-2)35-44-23(25)10-3/h14-15,19,21,26-28,37-38,41H,8-13,16-17H2,1-7H3/t19-,21+,26-,27+,28-,32+,33+,34-/m1/s1. The molecule has 10 heteroatoms. The number of allylic oxidation sites excluding steroid dienone is 1. The molecule has 44 heavy (non-hydrogen) atoms. The fourth-order valence-electron chi connectivity index (χ4n) is 8.79. The molecule has 2 bridgehead atoms. The average Bonchev–Trinajstić information content (AvgIpc) is 3.23. The van der Waals surface area contributed by atoms with Gasteiger partial charge in [-0.25, -0.2) is 4.79 Å². The van der Waals surface area contributed by atoms with Crippen LogP contribution in [0.4, 0.5) is 0 Å². The van der Waals surface area contributed by atoms with Crippen LogP contribution in [-0.2, 0) is 31.9 Å².